The minimum absolute atomic E-state index is 0.0108. The predicted molar refractivity (Wildman–Crippen MR) is 101 cm³/mol. The topological polar surface area (TPSA) is 129 Å². The molecule has 10 heteroatoms. The first-order valence-electron chi connectivity index (χ1n) is 8.42. The van der Waals surface area contributed by atoms with E-state index >= 15 is 0 Å². The molecule has 1 saturated heterocycles. The van der Waals surface area contributed by atoms with Crippen LogP contribution in [0.1, 0.15) is 15.9 Å². The zero-order chi connectivity index (χ0) is 20.1. The van der Waals surface area contributed by atoms with E-state index in [9.17, 15) is 23.4 Å². The molecule has 0 spiro atoms. The van der Waals surface area contributed by atoms with E-state index in [0.717, 1.165) is 0 Å². The number of phenolic OH excluding ortho intramolecular Hbond substituents is 2. The summed E-state index contributed by atoms with van der Waals surface area (Å²) in [5.41, 5.74) is 2.59. The molecule has 0 bridgehead atoms. The molecule has 0 aliphatic carbocycles. The van der Waals surface area contributed by atoms with E-state index in [4.69, 9.17) is 4.74 Å². The number of hydrazone groups is 1. The van der Waals surface area contributed by atoms with Crippen LogP contribution in [0.5, 0.6) is 11.5 Å². The Morgan fingerprint density at radius 3 is 2.61 bits per heavy atom. The Morgan fingerprint density at radius 2 is 1.86 bits per heavy atom. The number of nitrogens with one attached hydrogen (secondary N) is 1. The third-order valence-electron chi connectivity index (χ3n) is 4.12. The number of carbonyl (C=O) groups is 1. The molecule has 0 aromatic heterocycles. The van der Waals surface area contributed by atoms with Gasteiger partial charge in [-0.25, -0.2) is 13.8 Å². The van der Waals surface area contributed by atoms with Gasteiger partial charge in [0.15, 0.2) is 11.5 Å². The van der Waals surface area contributed by atoms with Gasteiger partial charge in [0.1, 0.15) is 0 Å². The summed E-state index contributed by atoms with van der Waals surface area (Å²) in [6.07, 6.45) is 1.17. The second-order valence-corrected chi connectivity index (χ2v) is 7.90. The fraction of sp³-hybridized carbons (Fsp3) is 0.222. The summed E-state index contributed by atoms with van der Waals surface area (Å²) in [6.45, 7) is 1.18. The van der Waals surface area contributed by atoms with Crippen molar-refractivity contribution in [3.63, 3.8) is 0 Å². The van der Waals surface area contributed by atoms with Crippen molar-refractivity contribution in [3.8, 4) is 11.5 Å². The van der Waals surface area contributed by atoms with Crippen LogP contribution in [-0.2, 0) is 14.8 Å². The van der Waals surface area contributed by atoms with Crippen LogP contribution in [0.25, 0.3) is 0 Å². The Hall–Kier alpha value is -2.95. The number of para-hydroxylation sites is 1. The van der Waals surface area contributed by atoms with Gasteiger partial charge in [-0.15, -0.1) is 0 Å². The standard InChI is InChI=1S/C18H19N3O6S/c22-16-6-2-4-14(17(16)23)12-19-20-18(24)13-3-1-5-15(11-13)28(25,26)21-7-9-27-10-8-21/h1-6,11-12,22-23H,7-10H2,(H,20,24). The second kappa shape index (κ2) is 8.38. The van der Waals surface area contributed by atoms with Gasteiger partial charge in [-0.3, -0.25) is 4.79 Å². The minimum atomic E-state index is -3.72. The van der Waals surface area contributed by atoms with Crippen molar-refractivity contribution >= 4 is 22.1 Å². The number of carbonyl (C=O) groups excluding carboxylic acids is 1. The van der Waals surface area contributed by atoms with Crippen LogP contribution < -0.4 is 5.43 Å². The number of ether oxygens (including phenoxy) is 1. The Balaban J connectivity index is 1.73. The van der Waals surface area contributed by atoms with E-state index in [1.54, 1.807) is 0 Å². The van der Waals surface area contributed by atoms with Gasteiger partial charge >= 0.3 is 0 Å². The number of amides is 1. The number of morpholine rings is 1. The lowest BCUT2D eigenvalue weighted by molar-refractivity contribution is 0.0730. The lowest BCUT2D eigenvalue weighted by Crippen LogP contribution is -2.40. The molecule has 3 rings (SSSR count). The lowest BCUT2D eigenvalue weighted by atomic mass is 10.2. The third-order valence-corrected chi connectivity index (χ3v) is 6.01. The maximum atomic E-state index is 12.7. The van der Waals surface area contributed by atoms with E-state index in [2.05, 4.69) is 10.5 Å². The van der Waals surface area contributed by atoms with Crippen molar-refractivity contribution in [3.05, 3.63) is 53.6 Å². The smallest absolute Gasteiger partial charge is 0.271 e. The van der Waals surface area contributed by atoms with Crippen molar-refractivity contribution in [2.75, 3.05) is 26.3 Å². The minimum Gasteiger partial charge on any atom is -0.504 e. The number of phenols is 2. The van der Waals surface area contributed by atoms with Crippen LogP contribution in [0.3, 0.4) is 0 Å². The molecule has 1 amide bonds. The van der Waals surface area contributed by atoms with Crippen molar-refractivity contribution in [2.24, 2.45) is 5.10 Å². The van der Waals surface area contributed by atoms with Gasteiger partial charge in [0.2, 0.25) is 10.0 Å². The number of hydrogen-bond donors (Lipinski definition) is 3. The summed E-state index contributed by atoms with van der Waals surface area (Å²) in [4.78, 5) is 12.3. The molecule has 1 heterocycles. The van der Waals surface area contributed by atoms with Gasteiger partial charge in [-0.1, -0.05) is 12.1 Å². The normalized spacial score (nSPS) is 15.6. The Bertz CT molecular complexity index is 1000. The molecule has 9 nitrogen and oxygen atoms in total. The van der Waals surface area contributed by atoms with Crippen molar-refractivity contribution in [2.45, 2.75) is 4.90 Å². The summed E-state index contributed by atoms with van der Waals surface area (Å²) in [5, 5.41) is 22.9. The SMILES string of the molecule is O=C(NN=Cc1cccc(O)c1O)c1cccc(S(=O)(=O)N2CCOCC2)c1. The van der Waals surface area contributed by atoms with Gasteiger partial charge in [-0.2, -0.15) is 9.41 Å². The monoisotopic (exact) mass is 405 g/mol. The maximum Gasteiger partial charge on any atom is 0.271 e. The van der Waals surface area contributed by atoms with Gasteiger partial charge < -0.3 is 14.9 Å². The van der Waals surface area contributed by atoms with Crippen LogP contribution in [0.2, 0.25) is 0 Å². The Kier molecular flexibility index (Phi) is 5.93. The number of nitrogens with zero attached hydrogens (tertiary/aromatic N) is 2. The fourth-order valence-corrected chi connectivity index (χ4v) is 4.07. The molecule has 2 aromatic rings. The summed E-state index contributed by atoms with van der Waals surface area (Å²) in [5.74, 6) is -1.29. The van der Waals surface area contributed by atoms with Crippen LogP contribution >= 0.6 is 0 Å². The Morgan fingerprint density at radius 1 is 1.14 bits per heavy atom. The molecule has 2 aromatic carbocycles. The highest BCUT2D eigenvalue weighted by atomic mass is 32.2. The fourth-order valence-electron chi connectivity index (χ4n) is 2.61. The maximum absolute atomic E-state index is 12.7. The predicted octanol–water partition coefficient (Wildman–Crippen LogP) is 0.883. The number of rotatable bonds is 5. The van der Waals surface area contributed by atoms with Gasteiger partial charge in [0.05, 0.1) is 24.3 Å². The summed E-state index contributed by atoms with van der Waals surface area (Å²) in [6, 6.07) is 9.98. The quantitative estimate of drug-likeness (QED) is 0.385. The number of hydrogen-bond acceptors (Lipinski definition) is 7. The molecule has 0 atom stereocenters. The van der Waals surface area contributed by atoms with Crippen molar-refractivity contribution in [1.82, 2.24) is 9.73 Å². The van der Waals surface area contributed by atoms with Gasteiger partial charge in [0, 0.05) is 24.2 Å². The summed E-state index contributed by atoms with van der Waals surface area (Å²) >= 11 is 0. The molecule has 1 fully saturated rings. The second-order valence-electron chi connectivity index (χ2n) is 5.96. The van der Waals surface area contributed by atoms with Gasteiger partial charge in [-0.05, 0) is 30.3 Å². The number of benzene rings is 2. The molecule has 0 radical (unpaired) electrons. The molecule has 0 saturated carbocycles. The molecule has 0 unspecified atom stereocenters. The van der Waals surface area contributed by atoms with E-state index < -0.39 is 15.9 Å². The highest BCUT2D eigenvalue weighted by Gasteiger charge is 2.26. The first kappa shape index (κ1) is 19.8. The van der Waals surface area contributed by atoms with Crippen LogP contribution in [-0.4, -0.2) is 61.4 Å². The lowest BCUT2D eigenvalue weighted by Gasteiger charge is -2.26. The average Bonchev–Trinajstić information content (AvgIpc) is 2.72. The van der Waals surface area contributed by atoms with Crippen LogP contribution in [0, 0.1) is 0 Å². The summed E-state index contributed by atoms with van der Waals surface area (Å²) < 4.78 is 31.9. The molecule has 148 valence electrons. The number of aromatic hydroxyl groups is 2. The van der Waals surface area contributed by atoms with Crippen LogP contribution in [0.4, 0.5) is 0 Å². The van der Waals surface area contributed by atoms with Gasteiger partial charge in [0.25, 0.3) is 5.91 Å². The largest absolute Gasteiger partial charge is 0.504 e. The third kappa shape index (κ3) is 4.30. The Labute approximate surface area is 161 Å². The molecule has 1 aliphatic rings. The van der Waals surface area contributed by atoms with E-state index in [0.29, 0.717) is 13.2 Å². The number of sulfonamides is 1. The highest BCUT2D eigenvalue weighted by molar-refractivity contribution is 7.89. The highest BCUT2D eigenvalue weighted by Crippen LogP contribution is 2.26. The summed E-state index contributed by atoms with van der Waals surface area (Å²) in [7, 11) is -3.72. The zero-order valence-corrected chi connectivity index (χ0v) is 15.6. The van der Waals surface area contributed by atoms with Crippen molar-refractivity contribution in [1.29, 1.82) is 0 Å². The average molecular weight is 405 g/mol. The molecular weight excluding hydrogens is 386 g/mol. The molecular formula is C18H19N3O6S. The molecule has 3 N–H and O–H groups in total. The first-order chi connectivity index (χ1) is 13.4. The van der Waals surface area contributed by atoms with E-state index in [1.807, 2.05) is 0 Å². The van der Waals surface area contributed by atoms with E-state index in [1.165, 1.54) is 53.0 Å². The molecule has 28 heavy (non-hydrogen) atoms. The van der Waals surface area contributed by atoms with E-state index in [-0.39, 0.29) is 40.6 Å². The first-order valence-corrected chi connectivity index (χ1v) is 9.86. The zero-order valence-electron chi connectivity index (χ0n) is 14.8. The van der Waals surface area contributed by atoms with Crippen molar-refractivity contribution < 1.29 is 28.2 Å². The molecule has 1 aliphatic heterocycles. The van der Waals surface area contributed by atoms with Crippen LogP contribution in [0.15, 0.2) is 52.5 Å².